The van der Waals surface area contributed by atoms with Gasteiger partial charge in [-0.15, -0.1) is 21.5 Å². The number of hydrogen-bond acceptors (Lipinski definition) is 9. The monoisotopic (exact) mass is 431 g/mol. The summed E-state index contributed by atoms with van der Waals surface area (Å²) >= 11 is 4.83. The second-order valence-corrected chi connectivity index (χ2v) is 9.01. The molecule has 1 aliphatic rings. The lowest BCUT2D eigenvalue weighted by Gasteiger charge is -2.13. The van der Waals surface area contributed by atoms with Gasteiger partial charge >= 0.3 is 0 Å². The van der Waals surface area contributed by atoms with E-state index in [-0.39, 0.29) is 6.10 Å². The summed E-state index contributed by atoms with van der Waals surface area (Å²) in [5, 5.41) is 19.8. The predicted octanol–water partition coefficient (Wildman–Crippen LogP) is 4.59. The molecular formula is C18H17N5O2S3. The van der Waals surface area contributed by atoms with E-state index in [2.05, 4.69) is 36.4 Å². The number of hydrogen-bond donors (Lipinski definition) is 0. The molecule has 1 aliphatic heterocycles. The molecule has 0 amide bonds. The van der Waals surface area contributed by atoms with E-state index in [0.717, 1.165) is 47.4 Å². The average Bonchev–Trinajstić information content (AvgIpc) is 3.53. The fourth-order valence-corrected chi connectivity index (χ4v) is 5.23. The molecule has 1 fully saturated rings. The zero-order chi connectivity index (χ0) is 18.8. The number of ether oxygens (including phenoxy) is 1. The van der Waals surface area contributed by atoms with Gasteiger partial charge in [-0.05, 0) is 35.7 Å². The zero-order valence-electron chi connectivity index (χ0n) is 14.9. The van der Waals surface area contributed by atoms with E-state index in [0.29, 0.717) is 17.5 Å². The maximum atomic E-state index is 5.84. The molecule has 10 heteroatoms. The zero-order valence-corrected chi connectivity index (χ0v) is 17.3. The number of rotatable bonds is 7. The summed E-state index contributed by atoms with van der Waals surface area (Å²) in [4.78, 5) is 5.59. The first-order valence-corrected chi connectivity index (χ1v) is 11.7. The summed E-state index contributed by atoms with van der Waals surface area (Å²) in [7, 11) is 0. The number of nitrogens with zero attached hydrogens (tertiary/aromatic N) is 5. The highest BCUT2D eigenvalue weighted by Crippen LogP contribution is 2.30. The van der Waals surface area contributed by atoms with Gasteiger partial charge < -0.3 is 9.26 Å². The molecule has 0 spiro atoms. The second kappa shape index (κ2) is 8.16. The van der Waals surface area contributed by atoms with Crippen LogP contribution in [0.1, 0.15) is 18.7 Å². The molecule has 0 radical (unpaired) electrons. The van der Waals surface area contributed by atoms with Crippen molar-refractivity contribution < 1.29 is 9.26 Å². The minimum absolute atomic E-state index is 0.211. The van der Waals surface area contributed by atoms with Crippen LogP contribution in [-0.2, 0) is 17.0 Å². The average molecular weight is 432 g/mol. The lowest BCUT2D eigenvalue weighted by atomic mass is 10.2. The number of thioether (sulfide) groups is 1. The molecule has 0 saturated carbocycles. The van der Waals surface area contributed by atoms with Crippen molar-refractivity contribution in [3.05, 3.63) is 40.2 Å². The van der Waals surface area contributed by atoms with Crippen LogP contribution in [-0.4, -0.2) is 37.6 Å². The number of aromatic nitrogens is 5. The van der Waals surface area contributed by atoms with Crippen molar-refractivity contribution in [2.75, 3.05) is 6.61 Å². The van der Waals surface area contributed by atoms with Gasteiger partial charge in [-0.25, -0.2) is 0 Å². The van der Waals surface area contributed by atoms with E-state index < -0.39 is 0 Å². The third kappa shape index (κ3) is 3.77. The van der Waals surface area contributed by atoms with E-state index >= 15 is 0 Å². The van der Waals surface area contributed by atoms with Crippen LogP contribution < -0.4 is 0 Å². The Kier molecular flexibility index (Phi) is 5.26. The van der Waals surface area contributed by atoms with E-state index in [1.807, 2.05) is 22.9 Å². The normalized spacial score (nSPS) is 16.8. The van der Waals surface area contributed by atoms with Crippen LogP contribution in [0.25, 0.3) is 22.1 Å². The van der Waals surface area contributed by atoms with Crippen molar-refractivity contribution in [3.8, 4) is 22.1 Å². The minimum Gasteiger partial charge on any atom is -0.376 e. The summed E-state index contributed by atoms with van der Waals surface area (Å²) in [5.74, 6) is 2.63. The summed E-state index contributed by atoms with van der Waals surface area (Å²) in [6, 6.07) is 6.08. The Morgan fingerprint density at radius 2 is 2.25 bits per heavy atom. The Morgan fingerprint density at radius 3 is 3.04 bits per heavy atom. The first-order valence-electron chi connectivity index (χ1n) is 8.93. The third-order valence-electron chi connectivity index (χ3n) is 4.44. The lowest BCUT2D eigenvalue weighted by Crippen LogP contribution is -2.16. The van der Waals surface area contributed by atoms with Crippen molar-refractivity contribution in [1.82, 2.24) is 24.9 Å². The SMILES string of the molecule is c1csc(-c2nnc(SCc3nc(-c4ccsc4)no3)n2C[C@@H]2CCCO2)c1. The molecule has 5 rings (SSSR count). The highest BCUT2D eigenvalue weighted by atomic mass is 32.2. The summed E-state index contributed by atoms with van der Waals surface area (Å²) in [6.07, 6.45) is 2.39. The Morgan fingerprint density at radius 1 is 1.25 bits per heavy atom. The highest BCUT2D eigenvalue weighted by Gasteiger charge is 2.22. The van der Waals surface area contributed by atoms with Crippen LogP contribution >= 0.6 is 34.4 Å². The predicted molar refractivity (Wildman–Crippen MR) is 109 cm³/mol. The maximum absolute atomic E-state index is 5.84. The van der Waals surface area contributed by atoms with Gasteiger partial charge in [0.15, 0.2) is 11.0 Å². The fourth-order valence-electron chi connectivity index (χ4n) is 3.09. The van der Waals surface area contributed by atoms with Crippen molar-refractivity contribution in [2.45, 2.75) is 36.4 Å². The lowest BCUT2D eigenvalue weighted by molar-refractivity contribution is 0.0953. The molecule has 7 nitrogen and oxygen atoms in total. The van der Waals surface area contributed by atoms with E-state index in [9.17, 15) is 0 Å². The second-order valence-electron chi connectivity index (χ2n) is 6.34. The smallest absolute Gasteiger partial charge is 0.237 e. The van der Waals surface area contributed by atoms with Gasteiger partial charge in [0.05, 0.1) is 23.3 Å². The van der Waals surface area contributed by atoms with Crippen LogP contribution in [0.15, 0.2) is 44.0 Å². The fraction of sp³-hybridized carbons (Fsp3) is 0.333. The molecule has 5 heterocycles. The summed E-state index contributed by atoms with van der Waals surface area (Å²) < 4.78 is 13.4. The van der Waals surface area contributed by atoms with Crippen molar-refractivity contribution in [1.29, 1.82) is 0 Å². The van der Waals surface area contributed by atoms with Gasteiger partial charge in [-0.3, -0.25) is 4.57 Å². The highest BCUT2D eigenvalue weighted by molar-refractivity contribution is 7.98. The van der Waals surface area contributed by atoms with Gasteiger partial charge in [0.1, 0.15) is 0 Å². The molecule has 28 heavy (non-hydrogen) atoms. The van der Waals surface area contributed by atoms with Gasteiger partial charge in [0, 0.05) is 17.6 Å². The van der Waals surface area contributed by atoms with E-state index in [1.165, 1.54) is 0 Å². The molecule has 0 aliphatic carbocycles. The first-order chi connectivity index (χ1) is 13.9. The molecular weight excluding hydrogens is 414 g/mol. The van der Waals surface area contributed by atoms with Gasteiger partial charge in [-0.2, -0.15) is 16.3 Å². The van der Waals surface area contributed by atoms with Crippen molar-refractivity contribution in [3.63, 3.8) is 0 Å². The van der Waals surface area contributed by atoms with E-state index in [1.54, 1.807) is 34.4 Å². The number of thiophene rings is 2. The molecule has 0 unspecified atom stereocenters. The largest absolute Gasteiger partial charge is 0.376 e. The van der Waals surface area contributed by atoms with Crippen LogP contribution in [0.3, 0.4) is 0 Å². The van der Waals surface area contributed by atoms with Gasteiger partial charge in [0.2, 0.25) is 11.7 Å². The third-order valence-corrected chi connectivity index (χ3v) is 6.94. The maximum Gasteiger partial charge on any atom is 0.237 e. The molecule has 144 valence electrons. The van der Waals surface area contributed by atoms with Crippen LogP contribution in [0.2, 0.25) is 0 Å². The quantitative estimate of drug-likeness (QED) is 0.396. The standard InChI is InChI=1S/C18H17N5O2S3/c1-3-13(24-6-1)9-23-17(14-4-2-7-27-14)20-21-18(23)28-11-15-19-16(22-25-15)12-5-8-26-10-12/h2,4-5,7-8,10,13H,1,3,6,9,11H2/t13-/m0/s1. The topological polar surface area (TPSA) is 78.9 Å². The molecule has 1 atom stereocenters. The molecule has 4 aromatic heterocycles. The summed E-state index contributed by atoms with van der Waals surface area (Å²) in [5.41, 5.74) is 0.978. The summed E-state index contributed by atoms with van der Waals surface area (Å²) in [6.45, 7) is 1.59. The Hall–Kier alpha value is -2.01. The molecule has 1 saturated heterocycles. The Balaban J connectivity index is 1.35. The molecule has 0 bridgehead atoms. The van der Waals surface area contributed by atoms with Crippen molar-refractivity contribution >= 4 is 34.4 Å². The molecule has 0 N–H and O–H groups in total. The van der Waals surface area contributed by atoms with Gasteiger partial charge in [0.25, 0.3) is 0 Å². The molecule has 0 aromatic carbocycles. The Labute approximate surface area is 173 Å². The van der Waals surface area contributed by atoms with Crippen LogP contribution in [0, 0.1) is 0 Å². The minimum atomic E-state index is 0.211. The van der Waals surface area contributed by atoms with Crippen LogP contribution in [0.4, 0.5) is 0 Å². The first kappa shape index (κ1) is 18.0. The van der Waals surface area contributed by atoms with E-state index in [4.69, 9.17) is 9.26 Å². The molecule has 4 aromatic rings. The van der Waals surface area contributed by atoms with Crippen LogP contribution in [0.5, 0.6) is 0 Å². The van der Waals surface area contributed by atoms with Crippen molar-refractivity contribution in [2.24, 2.45) is 0 Å². The Bertz CT molecular complexity index is 1020. The van der Waals surface area contributed by atoms with Gasteiger partial charge in [-0.1, -0.05) is 23.0 Å².